The first kappa shape index (κ1) is 12.0. The van der Waals surface area contributed by atoms with E-state index in [-0.39, 0.29) is 6.23 Å². The summed E-state index contributed by atoms with van der Waals surface area (Å²) in [5.41, 5.74) is 2.26. The van der Waals surface area contributed by atoms with Crippen molar-refractivity contribution >= 4 is 0 Å². The molecular weight excluding hydrogens is 190 g/mol. The van der Waals surface area contributed by atoms with Gasteiger partial charge in [0.1, 0.15) is 12.0 Å². The number of rotatable bonds is 4. The van der Waals surface area contributed by atoms with Crippen molar-refractivity contribution in [3.05, 3.63) is 29.3 Å². The fourth-order valence-corrected chi connectivity index (χ4v) is 1.70. The summed E-state index contributed by atoms with van der Waals surface area (Å²) in [4.78, 5) is 2.03. The smallest absolute Gasteiger partial charge is 0.135 e. The molecule has 0 radical (unpaired) electrons. The van der Waals surface area contributed by atoms with Crippen LogP contribution in [0.1, 0.15) is 17.4 Å². The van der Waals surface area contributed by atoms with E-state index < -0.39 is 0 Å². The highest BCUT2D eigenvalue weighted by atomic mass is 16.5. The van der Waals surface area contributed by atoms with E-state index >= 15 is 0 Å². The second kappa shape index (κ2) is 5.14. The van der Waals surface area contributed by atoms with Gasteiger partial charge in [0.25, 0.3) is 0 Å². The molecular formula is C12H19NO2. The summed E-state index contributed by atoms with van der Waals surface area (Å²) in [6, 6.07) is 6.09. The molecule has 84 valence electrons. The van der Waals surface area contributed by atoms with Crippen molar-refractivity contribution in [1.82, 2.24) is 4.90 Å². The zero-order valence-electron chi connectivity index (χ0n) is 10.1. The normalized spacial score (nSPS) is 12.9. The maximum atomic E-state index is 5.41. The Morgan fingerprint density at radius 1 is 1.20 bits per heavy atom. The molecule has 1 unspecified atom stereocenters. The number of nitrogens with zero attached hydrogens (tertiary/aromatic N) is 1. The first-order valence-electron chi connectivity index (χ1n) is 4.94. The van der Waals surface area contributed by atoms with Crippen LogP contribution in [-0.2, 0) is 4.74 Å². The molecule has 0 bridgehead atoms. The predicted octanol–water partition coefficient (Wildman–Crippen LogP) is 2.21. The lowest BCUT2D eigenvalue weighted by Crippen LogP contribution is -2.21. The minimum absolute atomic E-state index is 0.00499. The van der Waals surface area contributed by atoms with E-state index in [9.17, 15) is 0 Å². The number of methoxy groups -OCH3 is 2. The molecule has 3 nitrogen and oxygen atoms in total. The summed E-state index contributed by atoms with van der Waals surface area (Å²) in [7, 11) is 7.38. The molecule has 0 saturated heterocycles. The Hall–Kier alpha value is -1.06. The maximum Gasteiger partial charge on any atom is 0.135 e. The number of aryl methyl sites for hydroxylation is 1. The Balaban J connectivity index is 3.00. The molecule has 0 saturated carbocycles. The monoisotopic (exact) mass is 209 g/mol. The Kier molecular flexibility index (Phi) is 4.12. The fraction of sp³-hybridized carbons (Fsp3) is 0.500. The topological polar surface area (TPSA) is 21.7 Å². The van der Waals surface area contributed by atoms with Crippen LogP contribution < -0.4 is 4.74 Å². The molecule has 0 spiro atoms. The molecule has 1 atom stereocenters. The highest BCUT2D eigenvalue weighted by Gasteiger charge is 2.13. The zero-order valence-corrected chi connectivity index (χ0v) is 10.1. The van der Waals surface area contributed by atoms with Crippen molar-refractivity contribution in [2.24, 2.45) is 0 Å². The van der Waals surface area contributed by atoms with Gasteiger partial charge in [0, 0.05) is 7.11 Å². The first-order chi connectivity index (χ1) is 7.10. The molecule has 0 aliphatic rings. The van der Waals surface area contributed by atoms with Crippen LogP contribution in [0.5, 0.6) is 5.75 Å². The summed E-state index contributed by atoms with van der Waals surface area (Å²) < 4.78 is 10.6. The molecule has 0 fully saturated rings. The van der Waals surface area contributed by atoms with Crippen molar-refractivity contribution in [3.8, 4) is 5.75 Å². The zero-order chi connectivity index (χ0) is 11.4. The van der Waals surface area contributed by atoms with Gasteiger partial charge in [-0.15, -0.1) is 0 Å². The van der Waals surface area contributed by atoms with E-state index in [1.54, 1.807) is 14.2 Å². The SMILES string of the molecule is COc1ccc(C(OC)N(C)C)cc1C. The lowest BCUT2D eigenvalue weighted by atomic mass is 10.1. The fourth-order valence-electron chi connectivity index (χ4n) is 1.70. The van der Waals surface area contributed by atoms with Crippen molar-refractivity contribution in [2.45, 2.75) is 13.2 Å². The number of benzene rings is 1. The largest absolute Gasteiger partial charge is 0.496 e. The molecule has 0 aliphatic heterocycles. The van der Waals surface area contributed by atoms with Crippen LogP contribution in [-0.4, -0.2) is 33.2 Å². The minimum atomic E-state index is -0.00499. The molecule has 0 N–H and O–H groups in total. The molecule has 0 amide bonds. The van der Waals surface area contributed by atoms with Gasteiger partial charge in [-0.3, -0.25) is 4.90 Å². The van der Waals surface area contributed by atoms with Crippen LogP contribution in [0.2, 0.25) is 0 Å². The Labute approximate surface area is 91.6 Å². The van der Waals surface area contributed by atoms with Crippen molar-refractivity contribution < 1.29 is 9.47 Å². The predicted molar refractivity (Wildman–Crippen MR) is 61.2 cm³/mol. The molecule has 1 aromatic rings. The summed E-state index contributed by atoms with van der Waals surface area (Å²) in [6.45, 7) is 2.03. The number of ether oxygens (including phenoxy) is 2. The van der Waals surface area contributed by atoms with Crippen molar-refractivity contribution in [3.63, 3.8) is 0 Å². The Morgan fingerprint density at radius 2 is 1.87 bits per heavy atom. The van der Waals surface area contributed by atoms with Crippen LogP contribution in [0.4, 0.5) is 0 Å². The van der Waals surface area contributed by atoms with Crippen LogP contribution in [0.15, 0.2) is 18.2 Å². The Bertz CT molecular complexity index is 323. The van der Waals surface area contributed by atoms with Crippen LogP contribution in [0.3, 0.4) is 0 Å². The average Bonchev–Trinajstić information content (AvgIpc) is 2.18. The standard InChI is InChI=1S/C12H19NO2/c1-9-8-10(6-7-11(9)14-4)12(15-5)13(2)3/h6-8,12H,1-5H3. The summed E-state index contributed by atoms with van der Waals surface area (Å²) in [5.74, 6) is 0.910. The third kappa shape index (κ3) is 2.70. The van der Waals surface area contributed by atoms with Crippen LogP contribution >= 0.6 is 0 Å². The lowest BCUT2D eigenvalue weighted by Gasteiger charge is -2.23. The van der Waals surface area contributed by atoms with E-state index in [0.717, 1.165) is 16.9 Å². The Morgan fingerprint density at radius 3 is 2.27 bits per heavy atom. The van der Waals surface area contributed by atoms with Gasteiger partial charge in [-0.2, -0.15) is 0 Å². The molecule has 0 aromatic heterocycles. The van der Waals surface area contributed by atoms with E-state index in [1.165, 1.54) is 0 Å². The first-order valence-corrected chi connectivity index (χ1v) is 4.94. The average molecular weight is 209 g/mol. The third-order valence-corrected chi connectivity index (χ3v) is 2.40. The second-order valence-electron chi connectivity index (χ2n) is 3.78. The number of hydrogen-bond donors (Lipinski definition) is 0. The summed E-state index contributed by atoms with van der Waals surface area (Å²) in [5, 5.41) is 0. The highest BCUT2D eigenvalue weighted by Crippen LogP contribution is 2.25. The van der Waals surface area contributed by atoms with E-state index in [0.29, 0.717) is 0 Å². The summed E-state index contributed by atoms with van der Waals surface area (Å²) in [6.07, 6.45) is -0.00499. The number of hydrogen-bond acceptors (Lipinski definition) is 3. The van der Waals surface area contributed by atoms with Gasteiger partial charge in [0.2, 0.25) is 0 Å². The summed E-state index contributed by atoms with van der Waals surface area (Å²) >= 11 is 0. The molecule has 0 heterocycles. The van der Waals surface area contributed by atoms with Gasteiger partial charge in [0.05, 0.1) is 7.11 Å². The molecule has 0 aliphatic carbocycles. The van der Waals surface area contributed by atoms with Crippen LogP contribution in [0.25, 0.3) is 0 Å². The van der Waals surface area contributed by atoms with E-state index in [1.807, 2.05) is 38.1 Å². The molecule has 3 heteroatoms. The maximum absolute atomic E-state index is 5.41. The van der Waals surface area contributed by atoms with Crippen molar-refractivity contribution in [2.75, 3.05) is 28.3 Å². The van der Waals surface area contributed by atoms with Crippen LogP contribution in [0, 0.1) is 6.92 Å². The van der Waals surface area contributed by atoms with E-state index in [4.69, 9.17) is 9.47 Å². The van der Waals surface area contributed by atoms with Crippen molar-refractivity contribution in [1.29, 1.82) is 0 Å². The van der Waals surface area contributed by atoms with Gasteiger partial charge in [-0.05, 0) is 44.3 Å². The minimum Gasteiger partial charge on any atom is -0.496 e. The highest BCUT2D eigenvalue weighted by molar-refractivity contribution is 5.36. The third-order valence-electron chi connectivity index (χ3n) is 2.40. The lowest BCUT2D eigenvalue weighted by molar-refractivity contribution is -0.00546. The van der Waals surface area contributed by atoms with Gasteiger partial charge in [-0.25, -0.2) is 0 Å². The molecule has 15 heavy (non-hydrogen) atoms. The van der Waals surface area contributed by atoms with Gasteiger partial charge < -0.3 is 9.47 Å². The second-order valence-corrected chi connectivity index (χ2v) is 3.78. The quantitative estimate of drug-likeness (QED) is 0.710. The van der Waals surface area contributed by atoms with Gasteiger partial charge in [0.15, 0.2) is 0 Å². The molecule has 1 rings (SSSR count). The molecule has 1 aromatic carbocycles. The van der Waals surface area contributed by atoms with Gasteiger partial charge >= 0.3 is 0 Å². The van der Waals surface area contributed by atoms with E-state index in [2.05, 4.69) is 6.07 Å². The van der Waals surface area contributed by atoms with Gasteiger partial charge in [-0.1, -0.05) is 6.07 Å².